The number of ether oxygens (including phenoxy) is 1. The number of methoxy groups -OCH3 is 1. The van der Waals surface area contributed by atoms with Gasteiger partial charge in [-0.3, -0.25) is 9.48 Å². The second-order valence-corrected chi connectivity index (χ2v) is 4.80. The monoisotopic (exact) mass is 311 g/mol. The molecule has 1 aromatic heterocycles. The lowest BCUT2D eigenvalue weighted by atomic mass is 10.2. The molecule has 0 aliphatic rings. The van der Waals surface area contributed by atoms with E-state index in [-0.39, 0.29) is 5.97 Å². The van der Waals surface area contributed by atoms with Crippen LogP contribution in [0, 0.1) is 0 Å². The van der Waals surface area contributed by atoms with Crippen molar-refractivity contribution < 1.29 is 9.53 Å². The van der Waals surface area contributed by atoms with Crippen LogP contribution in [0.2, 0.25) is 0 Å². The molecule has 6 heteroatoms. The third kappa shape index (κ3) is 2.64. The Balaban J connectivity index is 2.16. The number of esters is 1. The molecule has 2 aromatic rings. The van der Waals surface area contributed by atoms with Crippen molar-refractivity contribution in [3.63, 3.8) is 0 Å². The third-order valence-electron chi connectivity index (χ3n) is 2.66. The Labute approximate surface area is 113 Å². The number of benzene rings is 1. The SMILES string of the molecule is COC(=O)CCNc1nn(C)c2cc(Br)ccc12. The van der Waals surface area contributed by atoms with Crippen molar-refractivity contribution in [1.29, 1.82) is 0 Å². The van der Waals surface area contributed by atoms with Crippen LogP contribution in [0.1, 0.15) is 6.42 Å². The van der Waals surface area contributed by atoms with Gasteiger partial charge in [0.25, 0.3) is 0 Å². The van der Waals surface area contributed by atoms with E-state index in [1.165, 1.54) is 7.11 Å². The normalized spacial score (nSPS) is 10.6. The zero-order valence-electron chi connectivity index (χ0n) is 10.2. The number of hydrogen-bond donors (Lipinski definition) is 1. The third-order valence-corrected chi connectivity index (χ3v) is 3.16. The van der Waals surface area contributed by atoms with Crippen molar-refractivity contribution in [3.05, 3.63) is 22.7 Å². The molecule has 0 fully saturated rings. The molecule has 18 heavy (non-hydrogen) atoms. The number of aryl methyl sites for hydroxylation is 1. The van der Waals surface area contributed by atoms with Crippen LogP contribution in [0.3, 0.4) is 0 Å². The van der Waals surface area contributed by atoms with Crippen molar-refractivity contribution >= 4 is 38.6 Å². The highest BCUT2D eigenvalue weighted by atomic mass is 79.9. The Morgan fingerprint density at radius 3 is 3.06 bits per heavy atom. The molecule has 1 N–H and O–H groups in total. The summed E-state index contributed by atoms with van der Waals surface area (Å²) in [5.41, 5.74) is 1.03. The van der Waals surface area contributed by atoms with E-state index in [2.05, 4.69) is 31.1 Å². The first kappa shape index (κ1) is 12.9. The highest BCUT2D eigenvalue weighted by Crippen LogP contribution is 2.25. The van der Waals surface area contributed by atoms with Crippen LogP contribution in [0.15, 0.2) is 22.7 Å². The molecule has 96 valence electrons. The van der Waals surface area contributed by atoms with Crippen LogP contribution in [-0.4, -0.2) is 29.4 Å². The minimum Gasteiger partial charge on any atom is -0.469 e. The number of carbonyl (C=O) groups is 1. The molecule has 0 amide bonds. The number of nitrogens with one attached hydrogen (secondary N) is 1. The van der Waals surface area contributed by atoms with Crippen molar-refractivity contribution in [2.24, 2.45) is 7.05 Å². The van der Waals surface area contributed by atoms with Gasteiger partial charge in [0.05, 0.1) is 19.0 Å². The largest absolute Gasteiger partial charge is 0.469 e. The molecule has 0 spiro atoms. The molecule has 1 aromatic carbocycles. The Morgan fingerprint density at radius 2 is 2.33 bits per heavy atom. The van der Waals surface area contributed by atoms with E-state index >= 15 is 0 Å². The van der Waals surface area contributed by atoms with Gasteiger partial charge in [-0.1, -0.05) is 15.9 Å². The molecule has 0 atom stereocenters. The Bertz CT molecular complexity index is 580. The Morgan fingerprint density at radius 1 is 1.56 bits per heavy atom. The van der Waals surface area contributed by atoms with Crippen molar-refractivity contribution in [1.82, 2.24) is 9.78 Å². The molecule has 2 rings (SSSR count). The quantitative estimate of drug-likeness (QED) is 0.880. The fourth-order valence-electron chi connectivity index (χ4n) is 1.75. The van der Waals surface area contributed by atoms with E-state index < -0.39 is 0 Å². The number of rotatable bonds is 4. The fourth-order valence-corrected chi connectivity index (χ4v) is 2.10. The zero-order valence-corrected chi connectivity index (χ0v) is 11.8. The zero-order chi connectivity index (χ0) is 13.1. The number of hydrogen-bond acceptors (Lipinski definition) is 4. The lowest BCUT2D eigenvalue weighted by Gasteiger charge is -2.02. The second kappa shape index (κ2) is 5.39. The molecule has 5 nitrogen and oxygen atoms in total. The Hall–Kier alpha value is -1.56. The van der Waals surface area contributed by atoms with E-state index in [0.29, 0.717) is 13.0 Å². The highest BCUT2D eigenvalue weighted by molar-refractivity contribution is 9.10. The van der Waals surface area contributed by atoms with E-state index in [4.69, 9.17) is 0 Å². The standard InChI is InChI=1S/C12H14BrN3O2/c1-16-10-7-8(13)3-4-9(10)12(15-16)14-6-5-11(17)18-2/h3-4,7H,5-6H2,1-2H3,(H,14,15). The molecular weight excluding hydrogens is 298 g/mol. The van der Waals surface area contributed by atoms with Crippen LogP contribution < -0.4 is 5.32 Å². The fraction of sp³-hybridized carbons (Fsp3) is 0.333. The number of carbonyl (C=O) groups excluding carboxylic acids is 1. The average Bonchev–Trinajstić information content (AvgIpc) is 2.66. The number of halogens is 1. The van der Waals surface area contributed by atoms with Gasteiger partial charge >= 0.3 is 5.97 Å². The summed E-state index contributed by atoms with van der Waals surface area (Å²) in [4.78, 5) is 11.0. The highest BCUT2D eigenvalue weighted by Gasteiger charge is 2.09. The van der Waals surface area contributed by atoms with E-state index in [1.807, 2.05) is 25.2 Å². The summed E-state index contributed by atoms with van der Waals surface area (Å²) < 4.78 is 7.41. The summed E-state index contributed by atoms with van der Waals surface area (Å²) in [6, 6.07) is 5.97. The maximum Gasteiger partial charge on any atom is 0.307 e. The van der Waals surface area contributed by atoms with Gasteiger partial charge in [-0.25, -0.2) is 0 Å². The van der Waals surface area contributed by atoms with Gasteiger partial charge in [-0.2, -0.15) is 5.10 Å². The second-order valence-electron chi connectivity index (χ2n) is 3.89. The first-order valence-electron chi connectivity index (χ1n) is 5.55. The Kier molecular flexibility index (Phi) is 3.86. The van der Waals surface area contributed by atoms with Crippen LogP contribution in [0.4, 0.5) is 5.82 Å². The molecule has 1 heterocycles. The molecule has 0 aliphatic carbocycles. The van der Waals surface area contributed by atoms with Gasteiger partial charge in [0.2, 0.25) is 0 Å². The molecular formula is C12H14BrN3O2. The van der Waals surface area contributed by atoms with Gasteiger partial charge in [-0.15, -0.1) is 0 Å². The predicted molar refractivity (Wildman–Crippen MR) is 73.5 cm³/mol. The van der Waals surface area contributed by atoms with Crippen LogP contribution >= 0.6 is 15.9 Å². The van der Waals surface area contributed by atoms with Gasteiger partial charge in [0.1, 0.15) is 0 Å². The summed E-state index contributed by atoms with van der Waals surface area (Å²) in [5.74, 6) is 0.550. The van der Waals surface area contributed by atoms with Crippen molar-refractivity contribution in [2.45, 2.75) is 6.42 Å². The van der Waals surface area contributed by atoms with Crippen molar-refractivity contribution in [2.75, 3.05) is 19.0 Å². The maximum atomic E-state index is 11.0. The lowest BCUT2D eigenvalue weighted by molar-refractivity contribution is -0.140. The van der Waals surface area contributed by atoms with E-state index in [9.17, 15) is 4.79 Å². The molecule has 0 bridgehead atoms. The van der Waals surface area contributed by atoms with Crippen LogP contribution in [0.25, 0.3) is 10.9 Å². The molecule has 0 unspecified atom stereocenters. The van der Waals surface area contributed by atoms with E-state index in [0.717, 1.165) is 21.2 Å². The number of aromatic nitrogens is 2. The summed E-state index contributed by atoms with van der Waals surface area (Å²) in [6.07, 6.45) is 0.324. The summed E-state index contributed by atoms with van der Waals surface area (Å²) >= 11 is 3.43. The minimum absolute atomic E-state index is 0.231. The predicted octanol–water partition coefficient (Wildman–Crippen LogP) is 2.31. The lowest BCUT2D eigenvalue weighted by Crippen LogP contribution is -2.10. The maximum absolute atomic E-state index is 11.0. The first-order valence-corrected chi connectivity index (χ1v) is 6.34. The van der Waals surface area contributed by atoms with Gasteiger partial charge in [-0.05, 0) is 18.2 Å². The molecule has 0 aliphatic heterocycles. The van der Waals surface area contributed by atoms with Gasteiger partial charge in [0, 0.05) is 23.5 Å². The van der Waals surface area contributed by atoms with Gasteiger partial charge < -0.3 is 10.1 Å². The molecule has 0 saturated heterocycles. The molecule has 0 saturated carbocycles. The minimum atomic E-state index is -0.231. The first-order chi connectivity index (χ1) is 8.61. The number of anilines is 1. The number of nitrogens with zero attached hydrogens (tertiary/aromatic N) is 2. The van der Waals surface area contributed by atoms with Crippen LogP contribution in [0.5, 0.6) is 0 Å². The topological polar surface area (TPSA) is 56.1 Å². The smallest absolute Gasteiger partial charge is 0.307 e. The van der Waals surface area contributed by atoms with Gasteiger partial charge in [0.15, 0.2) is 5.82 Å². The van der Waals surface area contributed by atoms with E-state index in [1.54, 1.807) is 4.68 Å². The summed E-state index contributed by atoms with van der Waals surface area (Å²) in [6.45, 7) is 0.509. The summed E-state index contributed by atoms with van der Waals surface area (Å²) in [7, 11) is 3.27. The van der Waals surface area contributed by atoms with Crippen LogP contribution in [-0.2, 0) is 16.6 Å². The number of fused-ring (bicyclic) bond motifs is 1. The summed E-state index contributed by atoms with van der Waals surface area (Å²) in [5, 5.41) is 8.56. The van der Waals surface area contributed by atoms with Crippen molar-refractivity contribution in [3.8, 4) is 0 Å². The molecule has 0 radical (unpaired) electrons. The average molecular weight is 312 g/mol.